The van der Waals surface area contributed by atoms with E-state index in [0.717, 1.165) is 51.5 Å². The number of nitrogens with zero attached hydrogens (tertiary/aromatic N) is 3. The summed E-state index contributed by atoms with van der Waals surface area (Å²) in [7, 11) is 0. The third-order valence-electron chi connectivity index (χ3n) is 3.42. The zero-order chi connectivity index (χ0) is 14.2. The second-order valence-corrected chi connectivity index (χ2v) is 5.13. The van der Waals surface area contributed by atoms with Crippen molar-refractivity contribution in [2.24, 2.45) is 0 Å². The van der Waals surface area contributed by atoms with Gasteiger partial charge in [-0.3, -0.25) is 14.4 Å². The van der Waals surface area contributed by atoms with Gasteiger partial charge in [-0.1, -0.05) is 0 Å². The lowest BCUT2D eigenvalue weighted by Gasteiger charge is -2.26. The number of ether oxygens (including phenoxy) is 1. The number of morpholine rings is 1. The number of carbonyl (C=O) groups excluding carboxylic acids is 1. The van der Waals surface area contributed by atoms with Crippen LogP contribution in [0.4, 0.5) is 0 Å². The van der Waals surface area contributed by atoms with Crippen molar-refractivity contribution in [1.82, 2.24) is 20.0 Å². The topological polar surface area (TPSA) is 59.4 Å². The molecule has 2 rings (SSSR count). The lowest BCUT2D eigenvalue weighted by molar-refractivity contribution is -0.121. The molecule has 112 valence electrons. The normalized spacial score (nSPS) is 16.2. The van der Waals surface area contributed by atoms with Crippen LogP contribution in [-0.4, -0.2) is 60.0 Å². The van der Waals surface area contributed by atoms with Gasteiger partial charge in [-0.15, -0.1) is 0 Å². The third kappa shape index (κ3) is 5.30. The molecule has 1 amide bonds. The molecule has 1 aliphatic heterocycles. The highest BCUT2D eigenvalue weighted by Crippen LogP contribution is 1.98. The summed E-state index contributed by atoms with van der Waals surface area (Å²) in [5.41, 5.74) is 0.982. The Kier molecular flexibility index (Phi) is 6.01. The summed E-state index contributed by atoms with van der Waals surface area (Å²) in [6.07, 6.45) is 3.38. The van der Waals surface area contributed by atoms with E-state index in [9.17, 15) is 4.79 Å². The molecule has 0 spiro atoms. The van der Waals surface area contributed by atoms with Crippen molar-refractivity contribution < 1.29 is 9.53 Å². The van der Waals surface area contributed by atoms with Crippen LogP contribution in [0, 0.1) is 6.92 Å². The highest BCUT2D eigenvalue weighted by Gasteiger charge is 2.09. The van der Waals surface area contributed by atoms with Crippen molar-refractivity contribution in [2.45, 2.75) is 26.3 Å². The van der Waals surface area contributed by atoms with Gasteiger partial charge in [-0.2, -0.15) is 5.10 Å². The fraction of sp³-hybridized carbons (Fsp3) is 0.714. The highest BCUT2D eigenvalue weighted by atomic mass is 16.5. The van der Waals surface area contributed by atoms with Crippen LogP contribution in [0.2, 0.25) is 0 Å². The molecule has 0 unspecified atom stereocenters. The number of aryl methyl sites for hydroxylation is 2. The molecule has 20 heavy (non-hydrogen) atoms. The Balaban J connectivity index is 1.51. The zero-order valence-corrected chi connectivity index (χ0v) is 12.2. The maximum Gasteiger partial charge on any atom is 0.221 e. The van der Waals surface area contributed by atoms with Crippen LogP contribution in [-0.2, 0) is 16.1 Å². The number of hydrogen-bond donors (Lipinski definition) is 1. The second-order valence-electron chi connectivity index (χ2n) is 5.13. The fourth-order valence-electron chi connectivity index (χ4n) is 2.25. The summed E-state index contributed by atoms with van der Waals surface area (Å²) < 4.78 is 7.11. The van der Waals surface area contributed by atoms with Gasteiger partial charge in [0.05, 0.1) is 18.9 Å². The summed E-state index contributed by atoms with van der Waals surface area (Å²) >= 11 is 0. The molecule has 1 aromatic rings. The average molecular weight is 280 g/mol. The standard InChI is InChI=1S/C14H24N4O2/c1-13-3-7-18(16-13)8-4-14(19)15-5-2-6-17-9-11-20-12-10-17/h3,7H,2,4-6,8-12H2,1H3,(H,15,19). The first-order valence-corrected chi connectivity index (χ1v) is 7.31. The predicted octanol–water partition coefficient (Wildman–Crippen LogP) is 0.420. The van der Waals surface area contributed by atoms with Gasteiger partial charge < -0.3 is 10.1 Å². The number of aromatic nitrogens is 2. The van der Waals surface area contributed by atoms with Crippen LogP contribution >= 0.6 is 0 Å². The van der Waals surface area contributed by atoms with Crippen molar-refractivity contribution in [3.8, 4) is 0 Å². The van der Waals surface area contributed by atoms with E-state index in [1.807, 2.05) is 23.9 Å². The van der Waals surface area contributed by atoms with Crippen molar-refractivity contribution >= 4 is 5.91 Å². The summed E-state index contributed by atoms with van der Waals surface area (Å²) in [4.78, 5) is 14.1. The van der Waals surface area contributed by atoms with Gasteiger partial charge in [0.15, 0.2) is 0 Å². The van der Waals surface area contributed by atoms with Gasteiger partial charge in [-0.25, -0.2) is 0 Å². The smallest absolute Gasteiger partial charge is 0.221 e. The summed E-state index contributed by atoms with van der Waals surface area (Å²) in [6.45, 7) is 8.03. The van der Waals surface area contributed by atoms with Crippen LogP contribution in [0.3, 0.4) is 0 Å². The van der Waals surface area contributed by atoms with E-state index in [4.69, 9.17) is 4.74 Å². The number of rotatable bonds is 7. The van der Waals surface area contributed by atoms with Gasteiger partial charge in [-0.05, 0) is 26.0 Å². The van der Waals surface area contributed by atoms with Crippen molar-refractivity contribution in [1.29, 1.82) is 0 Å². The second kappa shape index (κ2) is 8.01. The van der Waals surface area contributed by atoms with E-state index in [-0.39, 0.29) is 5.91 Å². The first-order chi connectivity index (χ1) is 9.74. The Morgan fingerprint density at radius 3 is 2.90 bits per heavy atom. The molecule has 6 heteroatoms. The number of nitrogens with one attached hydrogen (secondary N) is 1. The van der Waals surface area contributed by atoms with Gasteiger partial charge in [0.2, 0.25) is 5.91 Å². The Hall–Kier alpha value is -1.40. The van der Waals surface area contributed by atoms with Crippen molar-refractivity contribution in [3.05, 3.63) is 18.0 Å². The Morgan fingerprint density at radius 2 is 2.20 bits per heavy atom. The molecular weight excluding hydrogens is 256 g/mol. The van der Waals surface area contributed by atoms with E-state index in [2.05, 4.69) is 15.3 Å². The van der Waals surface area contributed by atoms with Crippen molar-refractivity contribution in [3.63, 3.8) is 0 Å². The molecule has 1 aliphatic rings. The van der Waals surface area contributed by atoms with Gasteiger partial charge in [0, 0.05) is 38.8 Å². The Labute approximate surface area is 120 Å². The number of hydrogen-bond acceptors (Lipinski definition) is 4. The predicted molar refractivity (Wildman–Crippen MR) is 76.5 cm³/mol. The van der Waals surface area contributed by atoms with E-state index in [1.165, 1.54) is 0 Å². The molecular formula is C14H24N4O2. The first kappa shape index (κ1) is 15.0. The Morgan fingerprint density at radius 1 is 1.40 bits per heavy atom. The van der Waals surface area contributed by atoms with Crippen LogP contribution in [0.15, 0.2) is 12.3 Å². The molecule has 1 aromatic heterocycles. The molecule has 6 nitrogen and oxygen atoms in total. The summed E-state index contributed by atoms with van der Waals surface area (Å²) in [5.74, 6) is 0.0973. The number of carbonyl (C=O) groups is 1. The first-order valence-electron chi connectivity index (χ1n) is 7.31. The minimum atomic E-state index is 0.0973. The van der Waals surface area contributed by atoms with Gasteiger partial charge >= 0.3 is 0 Å². The molecule has 0 radical (unpaired) electrons. The number of amides is 1. The van der Waals surface area contributed by atoms with E-state index in [1.54, 1.807) is 0 Å². The lowest BCUT2D eigenvalue weighted by atomic mass is 10.3. The monoisotopic (exact) mass is 280 g/mol. The molecule has 1 saturated heterocycles. The largest absolute Gasteiger partial charge is 0.379 e. The molecule has 1 fully saturated rings. The molecule has 0 aliphatic carbocycles. The Bertz CT molecular complexity index is 413. The van der Waals surface area contributed by atoms with Gasteiger partial charge in [0.25, 0.3) is 0 Å². The lowest BCUT2D eigenvalue weighted by Crippen LogP contribution is -2.38. The molecule has 0 aromatic carbocycles. The molecule has 0 atom stereocenters. The molecule has 1 N–H and O–H groups in total. The fourth-order valence-corrected chi connectivity index (χ4v) is 2.25. The van der Waals surface area contributed by atoms with Crippen LogP contribution in [0.25, 0.3) is 0 Å². The minimum absolute atomic E-state index is 0.0973. The molecule has 2 heterocycles. The van der Waals surface area contributed by atoms with E-state index >= 15 is 0 Å². The zero-order valence-electron chi connectivity index (χ0n) is 12.2. The molecule has 0 saturated carbocycles. The summed E-state index contributed by atoms with van der Waals surface area (Å²) in [6, 6.07) is 1.94. The molecule has 0 bridgehead atoms. The van der Waals surface area contributed by atoms with Crippen LogP contribution in [0.5, 0.6) is 0 Å². The van der Waals surface area contributed by atoms with Gasteiger partial charge in [0.1, 0.15) is 0 Å². The quantitative estimate of drug-likeness (QED) is 0.735. The third-order valence-corrected chi connectivity index (χ3v) is 3.42. The van der Waals surface area contributed by atoms with E-state index in [0.29, 0.717) is 13.0 Å². The van der Waals surface area contributed by atoms with Crippen molar-refractivity contribution in [2.75, 3.05) is 39.4 Å². The SMILES string of the molecule is Cc1ccn(CCC(=O)NCCCN2CCOCC2)n1. The average Bonchev–Trinajstić information content (AvgIpc) is 2.88. The van der Waals surface area contributed by atoms with Crippen LogP contribution < -0.4 is 5.32 Å². The van der Waals surface area contributed by atoms with Crippen LogP contribution in [0.1, 0.15) is 18.5 Å². The highest BCUT2D eigenvalue weighted by molar-refractivity contribution is 5.75. The summed E-state index contributed by atoms with van der Waals surface area (Å²) in [5, 5.41) is 7.22. The van der Waals surface area contributed by atoms with E-state index < -0.39 is 0 Å². The maximum atomic E-state index is 11.7. The maximum absolute atomic E-state index is 11.7. The minimum Gasteiger partial charge on any atom is -0.379 e.